The van der Waals surface area contributed by atoms with Gasteiger partial charge in [-0.25, -0.2) is 0 Å². The first-order valence-electron chi connectivity index (χ1n) is 6.99. The Morgan fingerprint density at radius 2 is 1.96 bits per heavy atom. The van der Waals surface area contributed by atoms with Crippen molar-refractivity contribution in [3.63, 3.8) is 0 Å². The molecule has 1 aromatic heterocycles. The highest BCUT2D eigenvalue weighted by molar-refractivity contribution is 6.35. The first-order valence-corrected chi connectivity index (χ1v) is 7.75. The van der Waals surface area contributed by atoms with E-state index in [9.17, 15) is 5.11 Å². The zero-order valence-electron chi connectivity index (χ0n) is 12.6. The van der Waals surface area contributed by atoms with Gasteiger partial charge in [0.15, 0.2) is 5.95 Å². The lowest BCUT2D eigenvalue weighted by molar-refractivity contribution is -0.677. The van der Waals surface area contributed by atoms with Gasteiger partial charge in [0.25, 0.3) is 5.69 Å². The summed E-state index contributed by atoms with van der Waals surface area (Å²) >= 11 is 12.1. The van der Waals surface area contributed by atoms with Gasteiger partial charge in [0, 0.05) is 17.2 Å². The van der Waals surface area contributed by atoms with Gasteiger partial charge >= 0.3 is 0 Å². The molecule has 124 valence electrons. The van der Waals surface area contributed by atoms with Crippen LogP contribution >= 0.6 is 23.2 Å². The van der Waals surface area contributed by atoms with Crippen LogP contribution in [-0.4, -0.2) is 12.4 Å². The average Bonchev–Trinajstić information content (AvgIpc) is 2.96. The summed E-state index contributed by atoms with van der Waals surface area (Å²) in [6.07, 6.45) is 0. The molecule has 1 heterocycles. The van der Waals surface area contributed by atoms with Crippen molar-refractivity contribution < 1.29 is 19.0 Å². The monoisotopic (exact) mass is 365 g/mol. The van der Waals surface area contributed by atoms with Gasteiger partial charge in [-0.3, -0.25) is 0 Å². The average molecular weight is 366 g/mol. The molecule has 6 nitrogen and oxygen atoms in total. The lowest BCUT2D eigenvalue weighted by Gasteiger charge is -2.07. The highest BCUT2D eigenvalue weighted by Crippen LogP contribution is 2.26. The van der Waals surface area contributed by atoms with Gasteiger partial charge in [-0.2, -0.15) is 0 Å². The van der Waals surface area contributed by atoms with Crippen molar-refractivity contribution in [3.05, 3.63) is 58.2 Å². The summed E-state index contributed by atoms with van der Waals surface area (Å²) < 4.78 is 11.3. The summed E-state index contributed by atoms with van der Waals surface area (Å²) in [5, 5.41) is 19.8. The molecule has 0 bridgehead atoms. The van der Waals surface area contributed by atoms with Gasteiger partial charge in [0.1, 0.15) is 12.3 Å². The number of ether oxygens (including phenoxy) is 1. The van der Waals surface area contributed by atoms with Gasteiger partial charge in [0.05, 0.1) is 23.1 Å². The Hall–Kier alpha value is -2.44. The van der Waals surface area contributed by atoms with Crippen LogP contribution in [0.1, 0.15) is 5.69 Å². The molecule has 0 aliphatic carbocycles. The molecule has 1 N–H and O–H groups in total. The zero-order valence-corrected chi connectivity index (χ0v) is 14.1. The molecule has 2 aromatic carbocycles. The van der Waals surface area contributed by atoms with Crippen LogP contribution < -0.4 is 19.8 Å². The van der Waals surface area contributed by atoms with Gasteiger partial charge in [0.2, 0.25) is 5.69 Å². The maximum atomic E-state index is 11.9. The van der Waals surface area contributed by atoms with Crippen LogP contribution in [-0.2, 0) is 6.54 Å². The van der Waals surface area contributed by atoms with Gasteiger partial charge in [-0.15, -0.1) is 0 Å². The summed E-state index contributed by atoms with van der Waals surface area (Å²) in [6.45, 7) is 0.175. The molecule has 8 heteroatoms. The molecule has 0 saturated carbocycles. The molecule has 0 saturated heterocycles. The molecule has 3 aromatic rings. The second-order valence-corrected chi connectivity index (χ2v) is 5.74. The number of hydrogen-bond donors (Lipinski definition) is 1. The van der Waals surface area contributed by atoms with Crippen LogP contribution in [0.15, 0.2) is 47.0 Å². The first-order chi connectivity index (χ1) is 11.6. The SMILES string of the molecule is COc1ccc(-[n+]2noc([O-])c2CNc2cc(Cl)ccc2Cl)cc1. The van der Waals surface area contributed by atoms with Crippen molar-refractivity contribution in [1.29, 1.82) is 0 Å². The van der Waals surface area contributed by atoms with Crippen molar-refractivity contribution in [2.45, 2.75) is 6.54 Å². The minimum atomic E-state index is -0.531. The topological polar surface area (TPSA) is 74.2 Å². The van der Waals surface area contributed by atoms with E-state index in [0.717, 1.165) is 0 Å². The molecule has 0 aliphatic rings. The Morgan fingerprint density at radius 1 is 1.21 bits per heavy atom. The van der Waals surface area contributed by atoms with Crippen LogP contribution in [0.25, 0.3) is 5.69 Å². The molecule has 0 amide bonds. The molecule has 0 spiro atoms. The van der Waals surface area contributed by atoms with E-state index < -0.39 is 5.95 Å². The molecule has 0 aliphatic heterocycles. The maximum Gasteiger partial charge on any atom is 0.259 e. The predicted molar refractivity (Wildman–Crippen MR) is 87.8 cm³/mol. The number of halogens is 2. The van der Waals surface area contributed by atoms with E-state index in [0.29, 0.717) is 32.9 Å². The third-order valence-corrected chi connectivity index (χ3v) is 3.95. The number of benzene rings is 2. The second kappa shape index (κ2) is 6.98. The summed E-state index contributed by atoms with van der Waals surface area (Å²) in [6, 6.07) is 12.1. The van der Waals surface area contributed by atoms with E-state index in [1.165, 1.54) is 4.68 Å². The Labute approximate surface area is 148 Å². The van der Waals surface area contributed by atoms with Crippen LogP contribution in [0, 0.1) is 0 Å². The lowest BCUT2D eigenvalue weighted by Crippen LogP contribution is -2.37. The smallest absolute Gasteiger partial charge is 0.259 e. The Balaban J connectivity index is 1.86. The Kier molecular flexibility index (Phi) is 4.78. The highest BCUT2D eigenvalue weighted by Gasteiger charge is 2.20. The predicted octanol–water partition coefficient (Wildman–Crippen LogP) is 2.95. The number of nitrogens with zero attached hydrogens (tertiary/aromatic N) is 2. The van der Waals surface area contributed by atoms with Crippen molar-refractivity contribution in [2.24, 2.45) is 0 Å². The lowest BCUT2D eigenvalue weighted by atomic mass is 10.3. The summed E-state index contributed by atoms with van der Waals surface area (Å²) in [5.41, 5.74) is 1.62. The molecule has 0 unspecified atom stereocenters. The number of hydrogen-bond acceptors (Lipinski definition) is 5. The third kappa shape index (κ3) is 3.39. The molecule has 24 heavy (non-hydrogen) atoms. The van der Waals surface area contributed by atoms with Crippen LogP contribution in [0.3, 0.4) is 0 Å². The summed E-state index contributed by atoms with van der Waals surface area (Å²) in [4.78, 5) is 0. The Morgan fingerprint density at radius 3 is 2.67 bits per heavy atom. The number of nitrogens with one attached hydrogen (secondary N) is 1. The zero-order chi connectivity index (χ0) is 17.1. The maximum absolute atomic E-state index is 11.9. The van der Waals surface area contributed by atoms with Crippen LogP contribution in [0.4, 0.5) is 5.69 Å². The van der Waals surface area contributed by atoms with Gasteiger partial charge < -0.3 is 19.7 Å². The largest absolute Gasteiger partial charge is 0.539 e. The summed E-state index contributed by atoms with van der Waals surface area (Å²) in [7, 11) is 1.58. The standard InChI is InChI=1S/C16H13Cl2N3O3/c1-23-12-5-3-11(4-6-12)21-15(16(22)24-20-21)9-19-14-8-10(17)2-7-13(14)18/h2-8,19H,9H2,1H3. The van der Waals surface area contributed by atoms with E-state index in [4.69, 9.17) is 32.5 Å². The molecule has 0 radical (unpaired) electrons. The fraction of sp³-hybridized carbons (Fsp3) is 0.125. The van der Waals surface area contributed by atoms with E-state index >= 15 is 0 Å². The van der Waals surface area contributed by atoms with E-state index in [-0.39, 0.29) is 6.54 Å². The van der Waals surface area contributed by atoms with Crippen molar-refractivity contribution in [3.8, 4) is 17.4 Å². The van der Waals surface area contributed by atoms with E-state index in [1.807, 2.05) is 0 Å². The minimum absolute atomic E-state index is 0.175. The normalized spacial score (nSPS) is 10.6. The van der Waals surface area contributed by atoms with E-state index in [2.05, 4.69) is 10.6 Å². The fourth-order valence-corrected chi connectivity index (χ4v) is 2.51. The molecular weight excluding hydrogens is 353 g/mol. The quantitative estimate of drug-likeness (QED) is 0.703. The Bertz CT molecular complexity index is 850. The fourth-order valence-electron chi connectivity index (χ4n) is 2.15. The van der Waals surface area contributed by atoms with Crippen LogP contribution in [0.2, 0.25) is 10.0 Å². The van der Waals surface area contributed by atoms with Gasteiger partial charge in [-0.05, 0) is 35.0 Å². The van der Waals surface area contributed by atoms with Crippen molar-refractivity contribution in [1.82, 2.24) is 5.27 Å². The third-order valence-electron chi connectivity index (χ3n) is 3.39. The summed E-state index contributed by atoms with van der Waals surface area (Å²) in [5.74, 6) is 0.173. The number of aromatic nitrogens is 2. The number of rotatable bonds is 5. The minimum Gasteiger partial charge on any atom is -0.539 e. The second-order valence-electron chi connectivity index (χ2n) is 4.89. The van der Waals surface area contributed by atoms with E-state index in [1.54, 1.807) is 49.6 Å². The van der Waals surface area contributed by atoms with Crippen LogP contribution in [0.5, 0.6) is 11.7 Å². The van der Waals surface area contributed by atoms with Crippen molar-refractivity contribution >= 4 is 28.9 Å². The van der Waals surface area contributed by atoms with Crippen molar-refractivity contribution in [2.75, 3.05) is 12.4 Å². The highest BCUT2D eigenvalue weighted by atomic mass is 35.5. The van der Waals surface area contributed by atoms with Gasteiger partial charge in [-0.1, -0.05) is 23.2 Å². The molecule has 3 rings (SSSR count). The molecule has 0 atom stereocenters. The number of anilines is 1. The molecule has 0 fully saturated rings. The first kappa shape index (κ1) is 16.4. The molecular formula is C16H13Cl2N3O3. The number of methoxy groups -OCH3 is 1.